The van der Waals surface area contributed by atoms with E-state index in [0.717, 1.165) is 6.42 Å². The van der Waals surface area contributed by atoms with E-state index in [0.29, 0.717) is 28.5 Å². The maximum absolute atomic E-state index is 13.0. The first kappa shape index (κ1) is 22.9. The quantitative estimate of drug-likeness (QED) is 0.553. The number of hydrogen-bond donors (Lipinski definition) is 2. The lowest BCUT2D eigenvalue weighted by Crippen LogP contribution is -2.49. The minimum absolute atomic E-state index is 0.114. The predicted molar refractivity (Wildman–Crippen MR) is 117 cm³/mol. The molecule has 1 aromatic carbocycles. The molecule has 8 heteroatoms. The number of hydrogen-bond acceptors (Lipinski definition) is 5. The van der Waals surface area contributed by atoms with Crippen molar-refractivity contribution in [3.63, 3.8) is 0 Å². The highest BCUT2D eigenvalue weighted by Gasteiger charge is 2.22. The molecular weight excluding hydrogens is 388 g/mol. The number of benzene rings is 1. The van der Waals surface area contributed by atoms with Crippen LogP contribution in [0.3, 0.4) is 0 Å². The van der Waals surface area contributed by atoms with Gasteiger partial charge in [-0.2, -0.15) is 0 Å². The second-order valence-corrected chi connectivity index (χ2v) is 9.81. The van der Waals surface area contributed by atoms with Gasteiger partial charge in [0.1, 0.15) is 0 Å². The van der Waals surface area contributed by atoms with Gasteiger partial charge in [0, 0.05) is 12.1 Å². The molecule has 0 aliphatic heterocycles. The lowest BCUT2D eigenvalue weighted by atomic mass is 10.1. The minimum atomic E-state index is -0.598. The summed E-state index contributed by atoms with van der Waals surface area (Å²) in [5.74, 6) is -0.0115. The second-order valence-electron chi connectivity index (χ2n) is 8.50. The van der Waals surface area contributed by atoms with Gasteiger partial charge in [0.15, 0.2) is 5.16 Å². The number of fused-ring (bicyclic) bond motifs is 1. The van der Waals surface area contributed by atoms with Gasteiger partial charge in [-0.3, -0.25) is 19.5 Å². The zero-order valence-corrected chi connectivity index (χ0v) is 18.7. The van der Waals surface area contributed by atoms with Crippen molar-refractivity contribution in [1.82, 2.24) is 20.2 Å². The van der Waals surface area contributed by atoms with E-state index >= 15 is 0 Å². The van der Waals surface area contributed by atoms with E-state index in [2.05, 4.69) is 29.5 Å². The fourth-order valence-corrected chi connectivity index (χ4v) is 3.55. The number of urea groups is 1. The molecule has 0 aliphatic carbocycles. The first-order chi connectivity index (χ1) is 13.5. The van der Waals surface area contributed by atoms with Crippen molar-refractivity contribution in [3.8, 4) is 0 Å². The van der Waals surface area contributed by atoms with Crippen LogP contribution in [0.15, 0.2) is 34.2 Å². The molecule has 0 bridgehead atoms. The smallest absolute Gasteiger partial charge is 0.321 e. The Bertz CT molecular complexity index is 947. The van der Waals surface area contributed by atoms with Crippen molar-refractivity contribution in [3.05, 3.63) is 34.6 Å². The van der Waals surface area contributed by atoms with Crippen LogP contribution >= 0.6 is 11.8 Å². The van der Waals surface area contributed by atoms with Gasteiger partial charge in [-0.15, -0.1) is 0 Å². The van der Waals surface area contributed by atoms with Gasteiger partial charge in [-0.1, -0.05) is 37.7 Å². The van der Waals surface area contributed by atoms with Gasteiger partial charge in [-0.05, 0) is 52.2 Å². The minimum Gasteiger partial charge on any atom is -0.333 e. The van der Waals surface area contributed by atoms with Crippen LogP contribution in [0.2, 0.25) is 0 Å². The fraction of sp³-hybridized carbons (Fsp3) is 0.524. The molecule has 2 N–H and O–H groups in total. The molecule has 1 heterocycles. The van der Waals surface area contributed by atoms with Gasteiger partial charge in [-0.25, -0.2) is 9.78 Å². The van der Waals surface area contributed by atoms with Gasteiger partial charge in [0.25, 0.3) is 5.56 Å². The van der Waals surface area contributed by atoms with E-state index in [4.69, 9.17) is 0 Å². The normalized spacial score (nSPS) is 12.8. The SMILES string of the molecule is CC(C)CCn1c(SC(C)C(=O)NC(=O)NC(C)(C)C)nc2ccccc2c1=O. The summed E-state index contributed by atoms with van der Waals surface area (Å²) in [5, 5.41) is 5.49. The van der Waals surface area contributed by atoms with Crippen molar-refractivity contribution in [2.45, 2.75) is 70.5 Å². The number of nitrogens with zero attached hydrogens (tertiary/aromatic N) is 2. The number of carbonyl (C=O) groups excluding carboxylic acids is 2. The first-order valence-corrected chi connectivity index (χ1v) is 10.6. The number of amides is 3. The summed E-state index contributed by atoms with van der Waals surface area (Å²) in [5.41, 5.74) is 0.0357. The van der Waals surface area contributed by atoms with Crippen molar-refractivity contribution in [1.29, 1.82) is 0 Å². The Hall–Kier alpha value is -2.35. The molecule has 2 rings (SSSR count). The average molecular weight is 419 g/mol. The third-order valence-corrected chi connectivity index (χ3v) is 5.22. The van der Waals surface area contributed by atoms with Crippen molar-refractivity contribution in [2.24, 2.45) is 5.92 Å². The molecule has 29 heavy (non-hydrogen) atoms. The molecule has 0 fully saturated rings. The number of thioether (sulfide) groups is 1. The molecule has 1 unspecified atom stereocenters. The lowest BCUT2D eigenvalue weighted by molar-refractivity contribution is -0.119. The molecule has 2 aromatic rings. The Balaban J connectivity index is 2.26. The van der Waals surface area contributed by atoms with Crippen LogP contribution in [-0.4, -0.2) is 32.3 Å². The van der Waals surface area contributed by atoms with Crippen LogP contribution in [0, 0.1) is 5.92 Å². The monoisotopic (exact) mass is 418 g/mol. The molecule has 0 saturated carbocycles. The number of rotatable bonds is 6. The van der Waals surface area contributed by atoms with E-state index < -0.39 is 22.7 Å². The summed E-state index contributed by atoms with van der Waals surface area (Å²) < 4.78 is 1.63. The Morgan fingerprint density at radius 3 is 2.45 bits per heavy atom. The van der Waals surface area contributed by atoms with Gasteiger partial charge < -0.3 is 5.32 Å². The number of carbonyl (C=O) groups is 2. The molecular formula is C21H30N4O3S. The Kier molecular flexibility index (Phi) is 7.46. The zero-order chi connectivity index (χ0) is 21.8. The molecule has 0 aliphatic rings. The molecule has 3 amide bonds. The highest BCUT2D eigenvalue weighted by molar-refractivity contribution is 8.00. The summed E-state index contributed by atoms with van der Waals surface area (Å²) in [7, 11) is 0. The summed E-state index contributed by atoms with van der Waals surface area (Å²) >= 11 is 1.18. The highest BCUT2D eigenvalue weighted by atomic mass is 32.2. The van der Waals surface area contributed by atoms with Crippen molar-refractivity contribution in [2.75, 3.05) is 0 Å². The van der Waals surface area contributed by atoms with E-state index in [-0.39, 0.29) is 5.56 Å². The van der Waals surface area contributed by atoms with E-state index in [1.165, 1.54) is 11.8 Å². The number of aromatic nitrogens is 2. The van der Waals surface area contributed by atoms with E-state index in [1.54, 1.807) is 23.6 Å². The predicted octanol–water partition coefficient (Wildman–Crippen LogP) is 3.55. The third kappa shape index (κ3) is 6.59. The van der Waals surface area contributed by atoms with Crippen LogP contribution in [0.25, 0.3) is 10.9 Å². The van der Waals surface area contributed by atoms with Crippen LogP contribution in [0.5, 0.6) is 0 Å². The van der Waals surface area contributed by atoms with Gasteiger partial charge >= 0.3 is 6.03 Å². The third-order valence-electron chi connectivity index (χ3n) is 4.13. The topological polar surface area (TPSA) is 93.1 Å². The molecule has 0 saturated heterocycles. The van der Waals surface area contributed by atoms with E-state index in [1.807, 2.05) is 32.9 Å². The molecule has 0 spiro atoms. The summed E-state index contributed by atoms with van der Waals surface area (Å²) in [4.78, 5) is 42.1. The summed E-state index contributed by atoms with van der Waals surface area (Å²) in [6, 6.07) is 6.65. The molecule has 0 radical (unpaired) electrons. The highest BCUT2D eigenvalue weighted by Crippen LogP contribution is 2.23. The molecule has 158 valence electrons. The van der Waals surface area contributed by atoms with Gasteiger partial charge in [0.05, 0.1) is 16.2 Å². The zero-order valence-electron chi connectivity index (χ0n) is 17.9. The van der Waals surface area contributed by atoms with Gasteiger partial charge in [0.2, 0.25) is 5.91 Å². The molecule has 1 atom stereocenters. The Labute approximate surface area is 175 Å². The number of nitrogens with one attached hydrogen (secondary N) is 2. The average Bonchev–Trinajstić information content (AvgIpc) is 2.59. The molecule has 1 aromatic heterocycles. The summed E-state index contributed by atoms with van der Waals surface area (Å²) in [6.45, 7) is 11.9. The van der Waals surface area contributed by atoms with Crippen LogP contribution in [0.4, 0.5) is 4.79 Å². The van der Waals surface area contributed by atoms with Crippen LogP contribution < -0.4 is 16.2 Å². The van der Waals surface area contributed by atoms with E-state index in [9.17, 15) is 14.4 Å². The Morgan fingerprint density at radius 2 is 1.83 bits per heavy atom. The fourth-order valence-electron chi connectivity index (χ4n) is 2.62. The maximum atomic E-state index is 13.0. The first-order valence-electron chi connectivity index (χ1n) is 9.77. The summed E-state index contributed by atoms with van der Waals surface area (Å²) in [6.07, 6.45) is 0.821. The van der Waals surface area contributed by atoms with Crippen LogP contribution in [0.1, 0.15) is 48.0 Å². The standard InChI is InChI=1S/C21H30N4O3S/c1-13(2)11-12-25-18(27)15-9-7-8-10-16(15)22-20(25)29-14(3)17(26)23-19(28)24-21(4,5)6/h7-10,13-14H,11-12H2,1-6H3,(H2,23,24,26,28). The lowest BCUT2D eigenvalue weighted by Gasteiger charge is -2.21. The number of imide groups is 1. The number of para-hydroxylation sites is 1. The largest absolute Gasteiger partial charge is 0.333 e. The molecule has 7 nitrogen and oxygen atoms in total. The second kappa shape index (κ2) is 9.43. The Morgan fingerprint density at radius 1 is 1.17 bits per heavy atom. The van der Waals surface area contributed by atoms with Crippen LogP contribution in [-0.2, 0) is 11.3 Å². The van der Waals surface area contributed by atoms with Crippen molar-refractivity contribution < 1.29 is 9.59 Å². The van der Waals surface area contributed by atoms with Crippen molar-refractivity contribution >= 4 is 34.6 Å². The maximum Gasteiger partial charge on any atom is 0.321 e.